The van der Waals surface area contributed by atoms with Crippen molar-refractivity contribution in [1.82, 2.24) is 0 Å². The predicted molar refractivity (Wildman–Crippen MR) is 70.7 cm³/mol. The molecule has 2 rings (SSSR count). The lowest BCUT2D eigenvalue weighted by molar-refractivity contribution is -0.788. The Labute approximate surface area is 121 Å². The molecule has 2 aromatic rings. The fourth-order valence-corrected chi connectivity index (χ4v) is 1.76. The third-order valence-corrected chi connectivity index (χ3v) is 2.74. The zero-order chi connectivity index (χ0) is 15.1. The summed E-state index contributed by atoms with van der Waals surface area (Å²) in [5.74, 6) is -0.983. The van der Waals surface area contributed by atoms with Crippen LogP contribution in [0.4, 0.5) is 0 Å². The third-order valence-electron chi connectivity index (χ3n) is 2.74. The van der Waals surface area contributed by atoms with Crippen molar-refractivity contribution in [1.29, 1.82) is 0 Å². The third kappa shape index (κ3) is 4.08. The van der Waals surface area contributed by atoms with Crippen LogP contribution in [0.2, 0.25) is 0 Å². The zero-order valence-corrected chi connectivity index (χ0v) is 11.2. The maximum atomic E-state index is 10.9. The number of nitrogens with zero attached hydrogens (tertiary/aromatic N) is 3. The van der Waals surface area contributed by atoms with Crippen LogP contribution in [-0.4, -0.2) is 22.5 Å². The maximum Gasteiger partial charge on any atom is 0.341 e. The Morgan fingerprint density at radius 2 is 2.10 bits per heavy atom. The highest BCUT2D eigenvalue weighted by Crippen LogP contribution is 1.94. The Morgan fingerprint density at radius 3 is 2.86 bits per heavy atom. The molecule has 0 atom stereocenters. The minimum Gasteiger partial charge on any atom is -0.477 e. The quantitative estimate of drug-likeness (QED) is 0.349. The molecule has 0 radical (unpaired) electrons. The van der Waals surface area contributed by atoms with Crippen molar-refractivity contribution in [2.75, 3.05) is 0 Å². The first-order valence-corrected chi connectivity index (χ1v) is 6.17. The molecule has 0 bridgehead atoms. The fourth-order valence-electron chi connectivity index (χ4n) is 1.76. The number of aromatic nitrogens is 2. The molecule has 0 aliphatic carbocycles. The molecule has 0 fully saturated rings. The minimum absolute atomic E-state index is 0.196. The number of hydrogen-bond acceptors (Lipinski definition) is 4. The SMILES string of the molecule is O=C(O)c1ccc[n+](COC[n+]2ccccc2C=NO)c1. The summed E-state index contributed by atoms with van der Waals surface area (Å²) in [6.07, 6.45) is 6.31. The van der Waals surface area contributed by atoms with E-state index in [0.717, 1.165) is 0 Å². The Morgan fingerprint density at radius 1 is 1.24 bits per heavy atom. The molecule has 0 spiro atoms. The van der Waals surface area contributed by atoms with Gasteiger partial charge in [-0.1, -0.05) is 5.16 Å². The molecule has 0 saturated heterocycles. The highest BCUT2D eigenvalue weighted by atomic mass is 16.5. The van der Waals surface area contributed by atoms with Gasteiger partial charge in [0.05, 0.1) is 0 Å². The second-order valence-electron chi connectivity index (χ2n) is 4.21. The van der Waals surface area contributed by atoms with Crippen LogP contribution in [0.15, 0.2) is 54.1 Å². The van der Waals surface area contributed by atoms with Crippen molar-refractivity contribution >= 4 is 12.2 Å². The van der Waals surface area contributed by atoms with Crippen molar-refractivity contribution < 1.29 is 29.0 Å². The molecule has 2 heterocycles. The number of carboxylic acids is 1. The van der Waals surface area contributed by atoms with Crippen LogP contribution in [0.25, 0.3) is 0 Å². The van der Waals surface area contributed by atoms with Crippen LogP contribution in [0.3, 0.4) is 0 Å². The maximum absolute atomic E-state index is 10.9. The van der Waals surface area contributed by atoms with Gasteiger partial charge in [-0.3, -0.25) is 4.74 Å². The van der Waals surface area contributed by atoms with Gasteiger partial charge in [0.25, 0.3) is 13.5 Å². The van der Waals surface area contributed by atoms with Crippen molar-refractivity contribution in [3.63, 3.8) is 0 Å². The topological polar surface area (TPSA) is 86.9 Å². The van der Waals surface area contributed by atoms with E-state index in [1.165, 1.54) is 18.5 Å². The van der Waals surface area contributed by atoms with Gasteiger partial charge in [0, 0.05) is 18.2 Å². The first-order valence-electron chi connectivity index (χ1n) is 6.17. The first-order chi connectivity index (χ1) is 10.2. The molecule has 0 aromatic carbocycles. The molecule has 21 heavy (non-hydrogen) atoms. The van der Waals surface area contributed by atoms with Crippen molar-refractivity contribution in [3.8, 4) is 0 Å². The van der Waals surface area contributed by atoms with Crippen LogP contribution >= 0.6 is 0 Å². The van der Waals surface area contributed by atoms with Gasteiger partial charge in [-0.15, -0.1) is 0 Å². The van der Waals surface area contributed by atoms with Crippen LogP contribution in [0.5, 0.6) is 0 Å². The number of hydrogen-bond donors (Lipinski definition) is 2. The molecule has 0 saturated carbocycles. The summed E-state index contributed by atoms with van der Waals surface area (Å²) in [7, 11) is 0. The smallest absolute Gasteiger partial charge is 0.341 e. The first kappa shape index (κ1) is 14.6. The second kappa shape index (κ2) is 7.11. The van der Waals surface area contributed by atoms with Crippen LogP contribution < -0.4 is 9.13 Å². The van der Waals surface area contributed by atoms with E-state index in [2.05, 4.69) is 5.16 Å². The number of carboxylic acid groups (broad SMARTS) is 1. The van der Waals surface area contributed by atoms with Gasteiger partial charge in [-0.25, -0.2) is 4.79 Å². The average molecular weight is 289 g/mol. The highest BCUT2D eigenvalue weighted by Gasteiger charge is 2.11. The van der Waals surface area contributed by atoms with Crippen molar-refractivity contribution in [2.45, 2.75) is 13.5 Å². The lowest BCUT2D eigenvalue weighted by Crippen LogP contribution is -2.43. The summed E-state index contributed by atoms with van der Waals surface area (Å²) in [6.45, 7) is 0.450. The Hall–Kier alpha value is -2.80. The highest BCUT2D eigenvalue weighted by molar-refractivity contribution is 5.86. The molecule has 2 N–H and O–H groups in total. The van der Waals surface area contributed by atoms with Crippen molar-refractivity contribution in [3.05, 3.63) is 60.2 Å². The monoisotopic (exact) mass is 289 g/mol. The van der Waals surface area contributed by atoms with Gasteiger partial charge in [0.15, 0.2) is 18.6 Å². The van der Waals surface area contributed by atoms with Crippen LogP contribution in [0.1, 0.15) is 16.1 Å². The van der Waals surface area contributed by atoms with E-state index in [4.69, 9.17) is 15.1 Å². The summed E-state index contributed by atoms with van der Waals surface area (Å²) in [5.41, 5.74) is 0.880. The van der Waals surface area contributed by atoms with Gasteiger partial charge >= 0.3 is 5.97 Å². The normalized spacial score (nSPS) is 10.9. The van der Waals surface area contributed by atoms with E-state index < -0.39 is 5.97 Å². The van der Waals surface area contributed by atoms with E-state index in [9.17, 15) is 4.79 Å². The number of pyridine rings is 2. The number of aromatic carboxylic acids is 1. The van der Waals surface area contributed by atoms with E-state index in [0.29, 0.717) is 5.69 Å². The van der Waals surface area contributed by atoms with Gasteiger partial charge in [0.2, 0.25) is 5.69 Å². The van der Waals surface area contributed by atoms with E-state index in [1.54, 1.807) is 33.7 Å². The summed E-state index contributed by atoms with van der Waals surface area (Å²) in [6, 6.07) is 8.59. The van der Waals surface area contributed by atoms with Gasteiger partial charge in [-0.2, -0.15) is 9.13 Å². The van der Waals surface area contributed by atoms with Gasteiger partial charge in [-0.05, 0) is 12.1 Å². The Balaban J connectivity index is 1.99. The number of ether oxygens (including phenoxy) is 1. The largest absolute Gasteiger partial charge is 0.477 e. The van der Waals surface area contributed by atoms with Crippen molar-refractivity contribution in [2.24, 2.45) is 5.16 Å². The summed E-state index contributed by atoms with van der Waals surface area (Å²) in [4.78, 5) is 10.9. The molecule has 7 nitrogen and oxygen atoms in total. The number of oxime groups is 1. The minimum atomic E-state index is -0.983. The van der Waals surface area contributed by atoms with Gasteiger partial charge in [0.1, 0.15) is 11.8 Å². The summed E-state index contributed by atoms with van der Waals surface area (Å²) >= 11 is 0. The molecule has 0 aliphatic heterocycles. The molecule has 2 aromatic heterocycles. The van der Waals surface area contributed by atoms with E-state index >= 15 is 0 Å². The lowest BCUT2D eigenvalue weighted by Gasteiger charge is -2.00. The summed E-state index contributed by atoms with van der Waals surface area (Å²) in [5, 5.41) is 20.5. The molecular weight excluding hydrogens is 274 g/mol. The Kier molecular flexibility index (Phi) is 4.94. The molecule has 0 unspecified atom stereocenters. The molecule has 108 valence electrons. The molecule has 0 amide bonds. The van der Waals surface area contributed by atoms with Crippen LogP contribution in [-0.2, 0) is 18.2 Å². The van der Waals surface area contributed by atoms with E-state index in [1.807, 2.05) is 12.1 Å². The zero-order valence-electron chi connectivity index (χ0n) is 11.2. The predicted octanol–water partition coefficient (Wildman–Crippen LogP) is 0.400. The van der Waals surface area contributed by atoms with E-state index in [-0.39, 0.29) is 19.0 Å². The Bertz CT molecular complexity index is 658. The fraction of sp³-hybridized carbons (Fsp3) is 0.143. The second-order valence-corrected chi connectivity index (χ2v) is 4.21. The number of carbonyl (C=O) groups is 1. The average Bonchev–Trinajstić information content (AvgIpc) is 2.49. The number of rotatable bonds is 6. The molecule has 0 aliphatic rings. The van der Waals surface area contributed by atoms with Crippen LogP contribution in [0, 0.1) is 0 Å². The van der Waals surface area contributed by atoms with Gasteiger partial charge < -0.3 is 10.3 Å². The molecule has 7 heteroatoms. The molecular formula is C14H15N3O4+2. The lowest BCUT2D eigenvalue weighted by atomic mass is 10.3. The standard InChI is InChI=1S/C14H13N3O4/c18-14(19)12-4-3-6-16(9-12)10-21-11-17-7-2-1-5-13(17)8-15-20/h1-9H,10-11H2/p+2. The summed E-state index contributed by atoms with van der Waals surface area (Å²) < 4.78 is 8.90.